The molecule has 0 aliphatic carbocycles. The maximum absolute atomic E-state index is 12.1. The molecule has 0 bridgehead atoms. The van der Waals surface area contributed by atoms with Gasteiger partial charge in [-0.2, -0.15) is 0 Å². The number of anilines is 1. The summed E-state index contributed by atoms with van der Waals surface area (Å²) in [4.78, 5) is 23.9. The lowest BCUT2D eigenvalue weighted by Crippen LogP contribution is -2.21. The molecule has 1 heterocycles. The fourth-order valence-corrected chi connectivity index (χ4v) is 2.38. The van der Waals surface area contributed by atoms with Gasteiger partial charge in [-0.1, -0.05) is 29.3 Å². The molecule has 1 amide bonds. The van der Waals surface area contributed by atoms with Gasteiger partial charge < -0.3 is 19.2 Å². The number of nitrogens with one attached hydrogen (secondary N) is 1. The zero-order valence-corrected chi connectivity index (χ0v) is 15.2. The zero-order chi connectivity index (χ0) is 19.2. The minimum absolute atomic E-state index is 0.231. The molecule has 0 radical (unpaired) electrons. The number of carbonyl (C=O) groups is 2. The molecule has 1 aromatic heterocycles. The highest BCUT2D eigenvalue weighted by molar-refractivity contribution is 6.31. The van der Waals surface area contributed by atoms with Crippen LogP contribution < -0.4 is 10.1 Å². The summed E-state index contributed by atoms with van der Waals surface area (Å²) < 4.78 is 15.5. The second-order valence-electron chi connectivity index (χ2n) is 5.69. The maximum Gasteiger partial charge on any atom is 0.341 e. The molecule has 0 unspecified atom stereocenters. The van der Waals surface area contributed by atoms with Gasteiger partial charge >= 0.3 is 5.97 Å². The van der Waals surface area contributed by atoms with E-state index in [-0.39, 0.29) is 5.56 Å². The monoisotopic (exact) mass is 385 g/mol. The van der Waals surface area contributed by atoms with Crippen LogP contribution in [0.25, 0.3) is 0 Å². The molecule has 3 aromatic rings. The number of hydrogen-bond donors (Lipinski definition) is 1. The third kappa shape index (κ3) is 5.12. The van der Waals surface area contributed by atoms with Crippen molar-refractivity contribution in [1.29, 1.82) is 0 Å². The lowest BCUT2D eigenvalue weighted by atomic mass is 10.2. The van der Waals surface area contributed by atoms with Gasteiger partial charge in [0.1, 0.15) is 12.0 Å². The van der Waals surface area contributed by atoms with Gasteiger partial charge in [-0.3, -0.25) is 4.79 Å². The van der Waals surface area contributed by atoms with Crippen LogP contribution in [0.5, 0.6) is 11.5 Å². The molecule has 0 aliphatic heterocycles. The van der Waals surface area contributed by atoms with Gasteiger partial charge in [-0.25, -0.2) is 4.79 Å². The minimum atomic E-state index is -0.652. The van der Waals surface area contributed by atoms with Crippen LogP contribution in [0.15, 0.2) is 65.5 Å². The summed E-state index contributed by atoms with van der Waals surface area (Å²) >= 11 is 6.02. The molecule has 0 atom stereocenters. The highest BCUT2D eigenvalue weighted by Crippen LogP contribution is 2.32. The first-order chi connectivity index (χ1) is 13.0. The molecule has 3 rings (SSSR count). The van der Waals surface area contributed by atoms with Crippen molar-refractivity contribution < 1.29 is 23.5 Å². The summed E-state index contributed by atoms with van der Waals surface area (Å²) in [5, 5.41) is 3.06. The summed E-state index contributed by atoms with van der Waals surface area (Å²) in [7, 11) is 0. The van der Waals surface area contributed by atoms with Crippen LogP contribution >= 0.6 is 11.6 Å². The van der Waals surface area contributed by atoms with Gasteiger partial charge in [0.05, 0.1) is 17.5 Å². The van der Waals surface area contributed by atoms with Crippen LogP contribution in [-0.4, -0.2) is 18.5 Å². The van der Waals surface area contributed by atoms with Crippen molar-refractivity contribution in [1.82, 2.24) is 0 Å². The Hall–Kier alpha value is -3.25. The number of halogens is 1. The molecule has 0 aliphatic rings. The number of hydrogen-bond acceptors (Lipinski definition) is 5. The first-order valence-corrected chi connectivity index (χ1v) is 8.42. The molecule has 138 valence electrons. The summed E-state index contributed by atoms with van der Waals surface area (Å²) in [6.07, 6.45) is 2.59. The number of ether oxygens (including phenoxy) is 2. The molecule has 0 spiro atoms. The quantitative estimate of drug-likeness (QED) is 0.615. The minimum Gasteiger partial charge on any atom is -0.472 e. The van der Waals surface area contributed by atoms with Crippen molar-refractivity contribution in [2.75, 3.05) is 11.9 Å². The lowest BCUT2D eigenvalue weighted by Gasteiger charge is -2.13. The van der Waals surface area contributed by atoms with E-state index in [1.54, 1.807) is 18.2 Å². The van der Waals surface area contributed by atoms with Gasteiger partial charge in [-0.05, 0) is 43.3 Å². The van der Waals surface area contributed by atoms with Gasteiger partial charge in [0, 0.05) is 5.02 Å². The van der Waals surface area contributed by atoms with E-state index in [1.807, 2.05) is 31.2 Å². The van der Waals surface area contributed by atoms with Crippen molar-refractivity contribution in [3.63, 3.8) is 0 Å². The van der Waals surface area contributed by atoms with E-state index in [4.69, 9.17) is 25.5 Å². The van der Waals surface area contributed by atoms with Gasteiger partial charge in [0.15, 0.2) is 12.4 Å². The number of esters is 1. The Bertz CT molecular complexity index is 936. The normalized spacial score (nSPS) is 10.3. The van der Waals surface area contributed by atoms with Crippen LogP contribution in [0.2, 0.25) is 5.02 Å². The van der Waals surface area contributed by atoms with E-state index in [2.05, 4.69) is 5.32 Å². The van der Waals surface area contributed by atoms with Crippen LogP contribution in [0, 0.1) is 6.92 Å². The van der Waals surface area contributed by atoms with Gasteiger partial charge in [0.2, 0.25) is 0 Å². The van der Waals surface area contributed by atoms with Crippen molar-refractivity contribution in [3.05, 3.63) is 77.2 Å². The molecule has 1 N–H and O–H groups in total. The van der Waals surface area contributed by atoms with Crippen molar-refractivity contribution in [2.45, 2.75) is 6.92 Å². The van der Waals surface area contributed by atoms with E-state index in [1.165, 1.54) is 18.6 Å². The fourth-order valence-electron chi connectivity index (χ4n) is 2.20. The number of furan rings is 1. The summed E-state index contributed by atoms with van der Waals surface area (Å²) in [6.45, 7) is 1.52. The Kier molecular flexibility index (Phi) is 5.78. The molecule has 0 saturated heterocycles. The van der Waals surface area contributed by atoms with E-state index >= 15 is 0 Å². The van der Waals surface area contributed by atoms with Crippen LogP contribution in [0.3, 0.4) is 0 Å². The fraction of sp³-hybridized carbons (Fsp3) is 0.100. The predicted molar refractivity (Wildman–Crippen MR) is 100 cm³/mol. The molecular formula is C20H16ClNO5. The Morgan fingerprint density at radius 1 is 1.11 bits per heavy atom. The highest BCUT2D eigenvalue weighted by atomic mass is 35.5. The third-order valence-electron chi connectivity index (χ3n) is 3.56. The SMILES string of the molecule is Cc1ccc(Oc2ccc(Cl)cc2NC(=O)COC(=O)c2ccoc2)cc1. The molecule has 7 heteroatoms. The second kappa shape index (κ2) is 8.42. The maximum atomic E-state index is 12.1. The number of amides is 1. The van der Waals surface area contributed by atoms with Gasteiger partial charge in [0.25, 0.3) is 5.91 Å². The van der Waals surface area contributed by atoms with E-state index in [0.29, 0.717) is 22.2 Å². The molecular weight excluding hydrogens is 370 g/mol. The Morgan fingerprint density at radius 2 is 1.89 bits per heavy atom. The first kappa shape index (κ1) is 18.5. The first-order valence-electron chi connectivity index (χ1n) is 8.04. The van der Waals surface area contributed by atoms with Crippen molar-refractivity contribution in [3.8, 4) is 11.5 Å². The molecule has 0 saturated carbocycles. The Labute approximate surface area is 160 Å². The topological polar surface area (TPSA) is 77.8 Å². The van der Waals surface area contributed by atoms with E-state index in [0.717, 1.165) is 5.56 Å². The number of rotatable bonds is 6. The number of benzene rings is 2. The molecule has 2 aromatic carbocycles. The molecule has 6 nitrogen and oxygen atoms in total. The largest absolute Gasteiger partial charge is 0.472 e. The van der Waals surface area contributed by atoms with Crippen molar-refractivity contribution in [2.24, 2.45) is 0 Å². The van der Waals surface area contributed by atoms with Crippen LogP contribution in [-0.2, 0) is 9.53 Å². The van der Waals surface area contributed by atoms with Crippen LogP contribution in [0.4, 0.5) is 5.69 Å². The molecule has 27 heavy (non-hydrogen) atoms. The molecule has 0 fully saturated rings. The van der Waals surface area contributed by atoms with Crippen LogP contribution in [0.1, 0.15) is 15.9 Å². The average Bonchev–Trinajstić information content (AvgIpc) is 3.18. The summed E-state index contributed by atoms with van der Waals surface area (Å²) in [5.41, 5.74) is 1.70. The second-order valence-corrected chi connectivity index (χ2v) is 6.13. The summed E-state index contributed by atoms with van der Waals surface area (Å²) in [6, 6.07) is 13.8. The lowest BCUT2D eigenvalue weighted by molar-refractivity contribution is -0.119. The van der Waals surface area contributed by atoms with Crippen molar-refractivity contribution >= 4 is 29.2 Å². The Morgan fingerprint density at radius 3 is 2.59 bits per heavy atom. The average molecular weight is 386 g/mol. The predicted octanol–water partition coefficient (Wildman–Crippen LogP) is 4.83. The smallest absolute Gasteiger partial charge is 0.341 e. The number of aryl methyl sites for hydroxylation is 1. The summed E-state index contributed by atoms with van der Waals surface area (Å²) in [5.74, 6) is -0.147. The highest BCUT2D eigenvalue weighted by Gasteiger charge is 2.14. The Balaban J connectivity index is 1.66. The number of carbonyl (C=O) groups excluding carboxylic acids is 2. The van der Waals surface area contributed by atoms with Gasteiger partial charge in [-0.15, -0.1) is 0 Å². The third-order valence-corrected chi connectivity index (χ3v) is 3.79. The standard InChI is InChI=1S/C20H16ClNO5/c1-13-2-5-16(6-3-13)27-18-7-4-15(21)10-17(18)22-19(23)12-26-20(24)14-8-9-25-11-14/h2-11H,12H2,1H3,(H,22,23). The zero-order valence-electron chi connectivity index (χ0n) is 14.4. The van der Waals surface area contributed by atoms with E-state index in [9.17, 15) is 9.59 Å². The van der Waals surface area contributed by atoms with E-state index < -0.39 is 18.5 Å².